The molecule has 0 unspecified atom stereocenters. The van der Waals surface area contributed by atoms with Gasteiger partial charge in [-0.05, 0) is 30.7 Å². The summed E-state index contributed by atoms with van der Waals surface area (Å²) in [6.07, 6.45) is 0. The van der Waals surface area contributed by atoms with Gasteiger partial charge in [0.1, 0.15) is 5.82 Å². The molecule has 29 heavy (non-hydrogen) atoms. The number of H-pyrrole nitrogens is 1. The van der Waals surface area contributed by atoms with Crippen LogP contribution in [0.5, 0.6) is 0 Å². The van der Waals surface area contributed by atoms with Crippen LogP contribution in [0.3, 0.4) is 0 Å². The highest BCUT2D eigenvalue weighted by Crippen LogP contribution is 2.27. The lowest BCUT2D eigenvalue weighted by Gasteiger charge is -2.16. The van der Waals surface area contributed by atoms with Crippen molar-refractivity contribution in [3.05, 3.63) is 82.5 Å². The summed E-state index contributed by atoms with van der Waals surface area (Å²) in [5.74, 6) is -0.260. The summed E-state index contributed by atoms with van der Waals surface area (Å²) in [6.45, 7) is 2.35. The third-order valence-corrected chi connectivity index (χ3v) is 4.81. The van der Waals surface area contributed by atoms with Gasteiger partial charge < -0.3 is 10.2 Å². The van der Waals surface area contributed by atoms with E-state index in [0.717, 1.165) is 11.1 Å². The Kier molecular flexibility index (Phi) is 4.82. The van der Waals surface area contributed by atoms with Gasteiger partial charge in [-0.2, -0.15) is 5.10 Å². The average molecular weight is 389 g/mol. The van der Waals surface area contributed by atoms with Gasteiger partial charge in [-0.15, -0.1) is 0 Å². The number of urea groups is 1. The molecule has 4 rings (SSSR count). The van der Waals surface area contributed by atoms with Crippen molar-refractivity contribution in [2.45, 2.75) is 20.0 Å². The van der Waals surface area contributed by atoms with Gasteiger partial charge in [0.2, 0.25) is 0 Å². The number of nitrogens with one attached hydrogen (secondary N) is 3. The number of anilines is 1. The molecular weight excluding hydrogens is 370 g/mol. The molecule has 0 fully saturated rings. The van der Waals surface area contributed by atoms with Crippen LogP contribution in [-0.4, -0.2) is 32.9 Å². The van der Waals surface area contributed by atoms with E-state index in [2.05, 4.69) is 20.8 Å². The molecule has 1 aliphatic heterocycles. The van der Waals surface area contributed by atoms with Crippen molar-refractivity contribution in [2.24, 2.45) is 0 Å². The van der Waals surface area contributed by atoms with Gasteiger partial charge in [0.15, 0.2) is 0 Å². The number of amides is 4. The van der Waals surface area contributed by atoms with Crippen LogP contribution in [0.4, 0.5) is 10.6 Å². The molecule has 8 heteroatoms. The van der Waals surface area contributed by atoms with Gasteiger partial charge in [0.05, 0.1) is 18.8 Å². The summed E-state index contributed by atoms with van der Waals surface area (Å²) in [6, 6.07) is 15.3. The largest absolute Gasteiger partial charge is 0.324 e. The highest BCUT2D eigenvalue weighted by Gasteiger charge is 2.30. The van der Waals surface area contributed by atoms with Crippen molar-refractivity contribution in [3.8, 4) is 0 Å². The molecule has 8 nitrogen and oxygen atoms in total. The summed E-state index contributed by atoms with van der Waals surface area (Å²) in [4.78, 5) is 38.7. The van der Waals surface area contributed by atoms with Gasteiger partial charge >= 0.3 is 6.03 Å². The molecule has 0 saturated carbocycles. The molecule has 0 atom stereocenters. The first-order chi connectivity index (χ1) is 14.0. The molecule has 0 spiro atoms. The first kappa shape index (κ1) is 18.4. The number of carbonyl (C=O) groups excluding carboxylic acids is 3. The fourth-order valence-corrected chi connectivity index (χ4v) is 3.22. The van der Waals surface area contributed by atoms with Crippen molar-refractivity contribution >= 4 is 23.7 Å². The average Bonchev–Trinajstić information content (AvgIpc) is 3.31. The molecule has 2 heterocycles. The first-order valence-corrected chi connectivity index (χ1v) is 9.11. The highest BCUT2D eigenvalue weighted by molar-refractivity contribution is 6.06. The van der Waals surface area contributed by atoms with E-state index in [1.807, 2.05) is 19.1 Å². The molecule has 4 amide bonds. The number of rotatable bonds is 3. The number of aryl methyl sites for hydroxylation is 1. The second-order valence-corrected chi connectivity index (χ2v) is 6.77. The third kappa shape index (κ3) is 3.73. The molecule has 1 aliphatic rings. The molecule has 0 bridgehead atoms. The quantitative estimate of drug-likeness (QED) is 0.640. The lowest BCUT2D eigenvalue weighted by atomic mass is 10.1. The fraction of sp³-hybridized carbons (Fsp3) is 0.143. The Bertz CT molecular complexity index is 1090. The van der Waals surface area contributed by atoms with Crippen molar-refractivity contribution in [1.29, 1.82) is 0 Å². The van der Waals surface area contributed by atoms with E-state index < -0.39 is 11.9 Å². The Labute approximate surface area is 166 Å². The zero-order valence-corrected chi connectivity index (χ0v) is 15.7. The van der Waals surface area contributed by atoms with Crippen LogP contribution < -0.4 is 10.6 Å². The number of fused-ring (bicyclic) bond motifs is 1. The number of hydrogen-bond donors (Lipinski definition) is 3. The van der Waals surface area contributed by atoms with Gasteiger partial charge in [-0.3, -0.25) is 20.0 Å². The summed E-state index contributed by atoms with van der Waals surface area (Å²) < 4.78 is 0. The normalized spacial score (nSPS) is 12.4. The van der Waals surface area contributed by atoms with Crippen LogP contribution in [0.1, 0.15) is 37.5 Å². The fourth-order valence-electron chi connectivity index (χ4n) is 3.22. The first-order valence-electron chi connectivity index (χ1n) is 9.11. The maximum Gasteiger partial charge on any atom is 0.324 e. The van der Waals surface area contributed by atoms with Crippen LogP contribution in [0.15, 0.2) is 54.6 Å². The van der Waals surface area contributed by atoms with E-state index in [1.54, 1.807) is 42.5 Å². The number of aromatic amines is 1. The highest BCUT2D eigenvalue weighted by atomic mass is 16.2. The van der Waals surface area contributed by atoms with Crippen LogP contribution in [0, 0.1) is 6.92 Å². The van der Waals surface area contributed by atoms with E-state index in [0.29, 0.717) is 22.6 Å². The zero-order valence-electron chi connectivity index (χ0n) is 15.7. The van der Waals surface area contributed by atoms with E-state index >= 15 is 0 Å². The summed E-state index contributed by atoms with van der Waals surface area (Å²) in [5.41, 5.74) is 3.23. The third-order valence-electron chi connectivity index (χ3n) is 4.81. The van der Waals surface area contributed by atoms with Crippen molar-refractivity contribution < 1.29 is 14.4 Å². The minimum absolute atomic E-state index is 0.239. The maximum atomic E-state index is 12.6. The van der Waals surface area contributed by atoms with E-state index in [9.17, 15) is 14.4 Å². The number of carbonyl (C=O) groups is 3. The van der Waals surface area contributed by atoms with Crippen LogP contribution in [0.25, 0.3) is 0 Å². The Balaban J connectivity index is 1.42. The van der Waals surface area contributed by atoms with E-state index in [4.69, 9.17) is 0 Å². The smallest absolute Gasteiger partial charge is 0.314 e. The molecule has 0 aliphatic carbocycles. The second-order valence-electron chi connectivity index (χ2n) is 6.77. The van der Waals surface area contributed by atoms with Crippen molar-refractivity contribution in [1.82, 2.24) is 20.4 Å². The summed E-state index contributed by atoms with van der Waals surface area (Å²) >= 11 is 0. The standard InChI is InChI=1S/C21H19N5O3/c1-13-7-5-6-10-15(13)20(28)22-18-16-11-26(12-17(16)24-25-18)21(29)23-19(27)14-8-3-2-4-9-14/h2-10H,11-12H2,1H3,(H,23,27,29)(H2,22,24,25,28). The minimum Gasteiger partial charge on any atom is -0.314 e. The molecule has 0 saturated heterocycles. The van der Waals surface area contributed by atoms with E-state index in [-0.39, 0.29) is 19.0 Å². The molecule has 146 valence electrons. The van der Waals surface area contributed by atoms with Gasteiger partial charge in [-0.1, -0.05) is 36.4 Å². The lowest BCUT2D eigenvalue weighted by molar-refractivity contribution is 0.0950. The second kappa shape index (κ2) is 7.59. The predicted molar refractivity (Wildman–Crippen MR) is 106 cm³/mol. The number of imide groups is 1. The Morgan fingerprint density at radius 3 is 2.45 bits per heavy atom. The van der Waals surface area contributed by atoms with Crippen LogP contribution in [-0.2, 0) is 13.1 Å². The summed E-state index contributed by atoms with van der Waals surface area (Å²) in [7, 11) is 0. The Morgan fingerprint density at radius 1 is 0.966 bits per heavy atom. The predicted octanol–water partition coefficient (Wildman–Crippen LogP) is 2.84. The zero-order chi connectivity index (χ0) is 20.4. The molecule has 3 aromatic rings. The minimum atomic E-state index is -0.506. The van der Waals surface area contributed by atoms with E-state index in [1.165, 1.54) is 4.90 Å². The lowest BCUT2D eigenvalue weighted by Crippen LogP contribution is -2.40. The molecule has 1 aromatic heterocycles. The Hall–Kier alpha value is -3.94. The SMILES string of the molecule is Cc1ccccc1C(=O)Nc1[nH]nc2c1CN(C(=O)NC(=O)c1ccccc1)C2. The van der Waals surface area contributed by atoms with Crippen LogP contribution in [0.2, 0.25) is 0 Å². The number of benzene rings is 2. The molecule has 2 aromatic carbocycles. The number of hydrogen-bond acceptors (Lipinski definition) is 4. The van der Waals surface area contributed by atoms with Crippen LogP contribution >= 0.6 is 0 Å². The number of nitrogens with zero attached hydrogens (tertiary/aromatic N) is 2. The topological polar surface area (TPSA) is 107 Å². The number of aromatic nitrogens is 2. The molecule has 3 N–H and O–H groups in total. The van der Waals surface area contributed by atoms with Gasteiger partial charge in [0.25, 0.3) is 11.8 Å². The van der Waals surface area contributed by atoms with Gasteiger partial charge in [-0.25, -0.2) is 4.79 Å². The van der Waals surface area contributed by atoms with Gasteiger partial charge in [0, 0.05) is 16.7 Å². The maximum absolute atomic E-state index is 12.6. The van der Waals surface area contributed by atoms with Crippen molar-refractivity contribution in [2.75, 3.05) is 5.32 Å². The van der Waals surface area contributed by atoms with Crippen molar-refractivity contribution in [3.63, 3.8) is 0 Å². The monoisotopic (exact) mass is 389 g/mol. The Morgan fingerprint density at radius 2 is 1.69 bits per heavy atom. The summed E-state index contributed by atoms with van der Waals surface area (Å²) in [5, 5.41) is 12.2. The molecule has 0 radical (unpaired) electrons. The molecular formula is C21H19N5O3.